The lowest BCUT2D eigenvalue weighted by Crippen LogP contribution is -2.30. The first-order valence-electron chi connectivity index (χ1n) is 10.8. The molecule has 2 amide bonds. The molecule has 0 saturated heterocycles. The number of hydrogen-bond donors (Lipinski definition) is 2. The monoisotopic (exact) mass is 439 g/mol. The quantitative estimate of drug-likeness (QED) is 0.437. The van der Waals surface area contributed by atoms with Gasteiger partial charge >= 0.3 is 0 Å². The van der Waals surface area contributed by atoms with Crippen molar-refractivity contribution in [1.29, 1.82) is 0 Å². The summed E-state index contributed by atoms with van der Waals surface area (Å²) in [7, 11) is 0. The average Bonchev–Trinajstić information content (AvgIpc) is 2.85. The molecule has 3 aromatic carbocycles. The highest BCUT2D eigenvalue weighted by atomic mass is 16.2. The second kappa shape index (κ2) is 9.48. The highest BCUT2D eigenvalue weighted by molar-refractivity contribution is 6.01. The van der Waals surface area contributed by atoms with Gasteiger partial charge in [0, 0.05) is 46.2 Å². The lowest BCUT2D eigenvalue weighted by molar-refractivity contribution is 0.0772. The van der Waals surface area contributed by atoms with Crippen molar-refractivity contribution in [2.45, 2.75) is 13.8 Å². The number of rotatable bonds is 7. The number of amides is 2. The molecule has 0 atom stereocenters. The molecule has 1 heterocycles. The minimum Gasteiger partial charge on any atom is -0.366 e. The third-order valence-electron chi connectivity index (χ3n) is 5.58. The molecule has 7 heteroatoms. The third-order valence-corrected chi connectivity index (χ3v) is 5.58. The summed E-state index contributed by atoms with van der Waals surface area (Å²) >= 11 is 0. The molecule has 0 aliphatic carbocycles. The van der Waals surface area contributed by atoms with Gasteiger partial charge in [0.2, 0.25) is 5.91 Å². The number of primary amides is 1. The molecule has 0 fully saturated rings. The van der Waals surface area contributed by atoms with Crippen LogP contribution >= 0.6 is 0 Å². The Morgan fingerprint density at radius 2 is 1.42 bits per heavy atom. The Kier molecular flexibility index (Phi) is 6.31. The number of carbonyl (C=O) groups is 2. The lowest BCUT2D eigenvalue weighted by Gasteiger charge is -2.18. The van der Waals surface area contributed by atoms with Crippen molar-refractivity contribution < 1.29 is 9.59 Å². The minimum absolute atomic E-state index is 0.0180. The van der Waals surface area contributed by atoms with Gasteiger partial charge in [0.25, 0.3) is 5.91 Å². The molecular formula is C26H25N5O2. The van der Waals surface area contributed by atoms with Gasteiger partial charge in [-0.05, 0) is 50.2 Å². The van der Waals surface area contributed by atoms with Crippen LogP contribution in [0.15, 0.2) is 72.8 Å². The number of nitrogens with two attached hydrogens (primary N) is 1. The highest BCUT2D eigenvalue weighted by Gasteiger charge is 2.15. The molecule has 0 unspecified atom stereocenters. The molecule has 0 aliphatic heterocycles. The van der Waals surface area contributed by atoms with Gasteiger partial charge < -0.3 is 16.0 Å². The molecule has 4 rings (SSSR count). The maximum absolute atomic E-state index is 12.6. The summed E-state index contributed by atoms with van der Waals surface area (Å²) in [6.07, 6.45) is 0. The van der Waals surface area contributed by atoms with Gasteiger partial charge in [-0.2, -0.15) is 0 Å². The summed E-state index contributed by atoms with van der Waals surface area (Å²) < 4.78 is 0. The molecule has 4 aromatic rings. The molecule has 0 bridgehead atoms. The van der Waals surface area contributed by atoms with E-state index in [2.05, 4.69) is 15.5 Å². The van der Waals surface area contributed by atoms with E-state index in [0.29, 0.717) is 30.0 Å². The van der Waals surface area contributed by atoms with E-state index >= 15 is 0 Å². The van der Waals surface area contributed by atoms with E-state index in [1.807, 2.05) is 62.4 Å². The Labute approximate surface area is 192 Å². The van der Waals surface area contributed by atoms with Crippen molar-refractivity contribution in [3.63, 3.8) is 0 Å². The standard InChI is InChI=1S/C26H25N5O2/c1-3-31(4-2)26(33)19-11-9-17(10-12-19)23-21-7-5-6-8-22(21)25(30-29-23)28-20-15-13-18(14-16-20)24(27)32/h5-16H,3-4H2,1-2H3,(H2,27,32)(H,28,30). The van der Waals surface area contributed by atoms with Gasteiger partial charge in [0.05, 0.1) is 0 Å². The smallest absolute Gasteiger partial charge is 0.253 e. The van der Waals surface area contributed by atoms with E-state index in [1.165, 1.54) is 0 Å². The van der Waals surface area contributed by atoms with Gasteiger partial charge in [-0.25, -0.2) is 0 Å². The molecule has 1 aromatic heterocycles. The zero-order valence-electron chi connectivity index (χ0n) is 18.6. The predicted octanol–water partition coefficient (Wildman–Crippen LogP) is 4.62. The summed E-state index contributed by atoms with van der Waals surface area (Å²) in [4.78, 5) is 25.7. The van der Waals surface area contributed by atoms with Gasteiger partial charge in [0.15, 0.2) is 5.82 Å². The summed E-state index contributed by atoms with van der Waals surface area (Å²) in [5.41, 5.74) is 8.79. The van der Waals surface area contributed by atoms with Crippen LogP contribution in [0.4, 0.5) is 11.5 Å². The maximum atomic E-state index is 12.6. The Balaban J connectivity index is 1.66. The summed E-state index contributed by atoms with van der Waals surface area (Å²) in [5, 5.41) is 14.0. The van der Waals surface area contributed by atoms with Crippen molar-refractivity contribution in [3.05, 3.63) is 83.9 Å². The molecule has 7 nitrogen and oxygen atoms in total. The van der Waals surface area contributed by atoms with Crippen molar-refractivity contribution in [3.8, 4) is 11.3 Å². The van der Waals surface area contributed by atoms with E-state index in [0.717, 1.165) is 27.7 Å². The van der Waals surface area contributed by atoms with Crippen molar-refractivity contribution in [2.24, 2.45) is 5.73 Å². The van der Waals surface area contributed by atoms with Crippen LogP contribution in [0, 0.1) is 0 Å². The predicted molar refractivity (Wildman–Crippen MR) is 130 cm³/mol. The zero-order valence-corrected chi connectivity index (χ0v) is 18.6. The maximum Gasteiger partial charge on any atom is 0.253 e. The molecule has 0 radical (unpaired) electrons. The van der Waals surface area contributed by atoms with E-state index in [4.69, 9.17) is 5.73 Å². The third kappa shape index (κ3) is 4.52. The topological polar surface area (TPSA) is 101 Å². The van der Waals surface area contributed by atoms with Gasteiger partial charge in [-0.1, -0.05) is 36.4 Å². The van der Waals surface area contributed by atoms with Crippen LogP contribution in [-0.2, 0) is 0 Å². The lowest BCUT2D eigenvalue weighted by atomic mass is 10.0. The second-order valence-corrected chi connectivity index (χ2v) is 7.56. The van der Waals surface area contributed by atoms with Crippen LogP contribution in [0.5, 0.6) is 0 Å². The summed E-state index contributed by atoms with van der Waals surface area (Å²) in [6.45, 7) is 5.29. The molecule has 166 valence electrons. The highest BCUT2D eigenvalue weighted by Crippen LogP contribution is 2.31. The first-order chi connectivity index (χ1) is 16.0. The molecular weight excluding hydrogens is 414 g/mol. The largest absolute Gasteiger partial charge is 0.366 e. The summed E-state index contributed by atoms with van der Waals surface area (Å²) in [5.74, 6) is 0.153. The summed E-state index contributed by atoms with van der Waals surface area (Å²) in [6, 6.07) is 22.2. The van der Waals surface area contributed by atoms with Crippen molar-refractivity contribution in [1.82, 2.24) is 15.1 Å². The number of carbonyl (C=O) groups excluding carboxylic acids is 2. The fraction of sp³-hybridized carbons (Fsp3) is 0.154. The van der Waals surface area contributed by atoms with Crippen LogP contribution in [0.25, 0.3) is 22.0 Å². The normalized spacial score (nSPS) is 10.7. The Morgan fingerprint density at radius 1 is 0.818 bits per heavy atom. The van der Waals surface area contributed by atoms with E-state index in [-0.39, 0.29) is 5.91 Å². The van der Waals surface area contributed by atoms with E-state index < -0.39 is 5.91 Å². The molecule has 0 aliphatic rings. The van der Waals surface area contributed by atoms with E-state index in [1.54, 1.807) is 29.2 Å². The van der Waals surface area contributed by atoms with Gasteiger partial charge in [0.1, 0.15) is 5.69 Å². The molecule has 0 saturated carbocycles. The Hall–Kier alpha value is -4.26. The first-order valence-corrected chi connectivity index (χ1v) is 10.8. The van der Waals surface area contributed by atoms with Crippen LogP contribution in [0.3, 0.4) is 0 Å². The number of anilines is 2. The Bertz CT molecular complexity index is 1300. The number of fused-ring (bicyclic) bond motifs is 1. The number of benzene rings is 3. The number of nitrogens with zero attached hydrogens (tertiary/aromatic N) is 3. The Morgan fingerprint density at radius 3 is 2.03 bits per heavy atom. The van der Waals surface area contributed by atoms with Crippen LogP contribution < -0.4 is 11.1 Å². The fourth-order valence-electron chi connectivity index (χ4n) is 3.73. The number of hydrogen-bond acceptors (Lipinski definition) is 5. The average molecular weight is 440 g/mol. The van der Waals surface area contributed by atoms with Crippen molar-refractivity contribution in [2.75, 3.05) is 18.4 Å². The first kappa shape index (κ1) is 22.0. The van der Waals surface area contributed by atoms with Crippen LogP contribution in [0.2, 0.25) is 0 Å². The fourth-order valence-corrected chi connectivity index (χ4v) is 3.73. The van der Waals surface area contributed by atoms with Gasteiger partial charge in [-0.3, -0.25) is 9.59 Å². The van der Waals surface area contributed by atoms with Gasteiger partial charge in [-0.15, -0.1) is 10.2 Å². The number of aromatic nitrogens is 2. The van der Waals surface area contributed by atoms with Crippen LogP contribution in [0.1, 0.15) is 34.6 Å². The van der Waals surface area contributed by atoms with Crippen molar-refractivity contribution >= 4 is 34.1 Å². The zero-order chi connectivity index (χ0) is 23.4. The molecule has 0 spiro atoms. The SMILES string of the molecule is CCN(CC)C(=O)c1ccc(-c2nnc(Nc3ccc(C(N)=O)cc3)c3ccccc23)cc1. The van der Waals surface area contributed by atoms with Crippen LogP contribution in [-0.4, -0.2) is 40.0 Å². The molecule has 3 N–H and O–H groups in total. The number of nitrogens with one attached hydrogen (secondary N) is 1. The minimum atomic E-state index is -0.471. The van der Waals surface area contributed by atoms with E-state index in [9.17, 15) is 9.59 Å². The molecule has 33 heavy (non-hydrogen) atoms. The second-order valence-electron chi connectivity index (χ2n) is 7.56.